The largest absolute Gasteiger partial charge is 0.496 e. The molecule has 0 fully saturated rings. The van der Waals surface area contributed by atoms with Gasteiger partial charge in [0.2, 0.25) is 0 Å². The van der Waals surface area contributed by atoms with Crippen LogP contribution in [-0.2, 0) is 0 Å². The summed E-state index contributed by atoms with van der Waals surface area (Å²) in [5.74, 6) is 1.36. The van der Waals surface area contributed by atoms with E-state index in [1.807, 2.05) is 13.0 Å². The molecule has 0 spiro atoms. The normalized spacial score (nSPS) is 10.6. The highest BCUT2D eigenvalue weighted by molar-refractivity contribution is 9.10. The molecule has 0 aliphatic carbocycles. The SMILES string of the molecule is CCOc1ccc(/C=N/NC(=O)c2cc(Br)ccc2OC)cc1OC. The van der Waals surface area contributed by atoms with Crippen LogP contribution >= 0.6 is 15.9 Å². The molecule has 0 saturated carbocycles. The molecule has 0 heterocycles. The molecule has 2 rings (SSSR count). The van der Waals surface area contributed by atoms with Crippen molar-refractivity contribution in [2.45, 2.75) is 6.92 Å². The number of methoxy groups -OCH3 is 2. The standard InChI is InChI=1S/C18H19BrN2O4/c1-4-25-16-7-5-12(9-17(16)24-3)11-20-21-18(22)14-10-13(19)6-8-15(14)23-2/h5-11H,4H2,1-3H3,(H,21,22)/b20-11+. The predicted molar refractivity (Wildman–Crippen MR) is 99.9 cm³/mol. The van der Waals surface area contributed by atoms with Crippen LogP contribution in [-0.4, -0.2) is 32.9 Å². The van der Waals surface area contributed by atoms with Gasteiger partial charge in [0.1, 0.15) is 5.75 Å². The molecule has 2 aromatic rings. The maximum absolute atomic E-state index is 12.3. The Kier molecular flexibility index (Phi) is 6.82. The van der Waals surface area contributed by atoms with Crippen LogP contribution in [0.5, 0.6) is 17.2 Å². The highest BCUT2D eigenvalue weighted by Crippen LogP contribution is 2.27. The van der Waals surface area contributed by atoms with Crippen LogP contribution in [0.15, 0.2) is 46.0 Å². The summed E-state index contributed by atoms with van der Waals surface area (Å²) in [4.78, 5) is 12.3. The lowest BCUT2D eigenvalue weighted by Gasteiger charge is -2.09. The second-order valence-electron chi connectivity index (χ2n) is 4.89. The minimum Gasteiger partial charge on any atom is -0.496 e. The molecule has 0 atom stereocenters. The molecule has 0 unspecified atom stereocenters. The Labute approximate surface area is 154 Å². The summed E-state index contributed by atoms with van der Waals surface area (Å²) in [6, 6.07) is 10.6. The van der Waals surface area contributed by atoms with E-state index in [0.29, 0.717) is 29.4 Å². The third-order valence-electron chi connectivity index (χ3n) is 3.27. The van der Waals surface area contributed by atoms with Gasteiger partial charge in [0, 0.05) is 4.47 Å². The summed E-state index contributed by atoms with van der Waals surface area (Å²) in [7, 11) is 3.08. The molecule has 2 aromatic carbocycles. The minimum atomic E-state index is -0.368. The van der Waals surface area contributed by atoms with Crippen molar-refractivity contribution in [2.24, 2.45) is 5.10 Å². The van der Waals surface area contributed by atoms with Crippen molar-refractivity contribution < 1.29 is 19.0 Å². The van der Waals surface area contributed by atoms with Crippen molar-refractivity contribution in [3.8, 4) is 17.2 Å². The van der Waals surface area contributed by atoms with E-state index < -0.39 is 0 Å². The fourth-order valence-electron chi connectivity index (χ4n) is 2.12. The number of benzene rings is 2. The Balaban J connectivity index is 2.10. The number of nitrogens with one attached hydrogen (secondary N) is 1. The number of rotatable bonds is 7. The Morgan fingerprint density at radius 2 is 1.84 bits per heavy atom. The third kappa shape index (κ3) is 4.96. The van der Waals surface area contributed by atoms with Gasteiger partial charge < -0.3 is 14.2 Å². The van der Waals surface area contributed by atoms with Gasteiger partial charge in [0.15, 0.2) is 11.5 Å². The molecule has 0 aliphatic rings. The highest BCUT2D eigenvalue weighted by atomic mass is 79.9. The number of ether oxygens (including phenoxy) is 3. The first-order chi connectivity index (χ1) is 12.1. The van der Waals surface area contributed by atoms with Crippen LogP contribution in [0.25, 0.3) is 0 Å². The number of carbonyl (C=O) groups excluding carboxylic acids is 1. The maximum Gasteiger partial charge on any atom is 0.275 e. The Hall–Kier alpha value is -2.54. The quantitative estimate of drug-likeness (QED) is 0.562. The number of hydrogen-bond donors (Lipinski definition) is 1. The molecule has 0 aliphatic heterocycles. The summed E-state index contributed by atoms with van der Waals surface area (Å²) in [6.45, 7) is 2.45. The van der Waals surface area contributed by atoms with Gasteiger partial charge in [0.05, 0.1) is 32.6 Å². The number of nitrogens with zero attached hydrogens (tertiary/aromatic N) is 1. The van der Waals surface area contributed by atoms with Crippen molar-refractivity contribution in [3.05, 3.63) is 52.0 Å². The Morgan fingerprint density at radius 1 is 1.12 bits per heavy atom. The zero-order valence-electron chi connectivity index (χ0n) is 14.2. The fourth-order valence-corrected chi connectivity index (χ4v) is 2.48. The average Bonchev–Trinajstić information content (AvgIpc) is 2.62. The van der Waals surface area contributed by atoms with E-state index in [2.05, 4.69) is 26.5 Å². The Bertz CT molecular complexity index is 778. The van der Waals surface area contributed by atoms with E-state index in [0.717, 1.165) is 10.0 Å². The van der Waals surface area contributed by atoms with Gasteiger partial charge in [-0.25, -0.2) is 5.43 Å². The molecule has 6 nitrogen and oxygen atoms in total. The molecule has 0 aromatic heterocycles. The summed E-state index contributed by atoms with van der Waals surface area (Å²) >= 11 is 3.33. The minimum absolute atomic E-state index is 0.368. The summed E-state index contributed by atoms with van der Waals surface area (Å²) < 4.78 is 16.7. The number of carbonyl (C=O) groups is 1. The smallest absolute Gasteiger partial charge is 0.275 e. The maximum atomic E-state index is 12.3. The third-order valence-corrected chi connectivity index (χ3v) is 3.77. The first kappa shape index (κ1) is 18.8. The van der Waals surface area contributed by atoms with Crippen molar-refractivity contribution in [1.82, 2.24) is 5.43 Å². The molecular weight excluding hydrogens is 388 g/mol. The summed E-state index contributed by atoms with van der Waals surface area (Å²) in [5.41, 5.74) is 3.64. The van der Waals surface area contributed by atoms with E-state index in [1.54, 1.807) is 37.4 Å². The zero-order chi connectivity index (χ0) is 18.2. The van der Waals surface area contributed by atoms with Gasteiger partial charge in [-0.1, -0.05) is 15.9 Å². The lowest BCUT2D eigenvalue weighted by molar-refractivity contribution is 0.0952. The van der Waals surface area contributed by atoms with Crippen molar-refractivity contribution in [1.29, 1.82) is 0 Å². The second kappa shape index (κ2) is 9.08. The first-order valence-electron chi connectivity index (χ1n) is 7.56. The lowest BCUT2D eigenvalue weighted by atomic mass is 10.2. The van der Waals surface area contributed by atoms with Gasteiger partial charge in [-0.2, -0.15) is 5.10 Å². The summed E-state index contributed by atoms with van der Waals surface area (Å²) in [6.07, 6.45) is 1.53. The van der Waals surface area contributed by atoms with Crippen LogP contribution in [0.2, 0.25) is 0 Å². The number of hydrogen-bond acceptors (Lipinski definition) is 5. The lowest BCUT2D eigenvalue weighted by Crippen LogP contribution is -2.18. The average molecular weight is 407 g/mol. The molecule has 0 bridgehead atoms. The molecule has 1 N–H and O–H groups in total. The van der Waals surface area contributed by atoms with Gasteiger partial charge in [-0.15, -0.1) is 0 Å². The topological polar surface area (TPSA) is 69.2 Å². The van der Waals surface area contributed by atoms with Gasteiger partial charge in [-0.05, 0) is 48.9 Å². The van der Waals surface area contributed by atoms with Crippen LogP contribution in [0.1, 0.15) is 22.8 Å². The summed E-state index contributed by atoms with van der Waals surface area (Å²) in [5, 5.41) is 3.98. The van der Waals surface area contributed by atoms with E-state index in [-0.39, 0.29) is 5.91 Å². The second-order valence-corrected chi connectivity index (χ2v) is 5.80. The molecule has 25 heavy (non-hydrogen) atoms. The van der Waals surface area contributed by atoms with Crippen molar-refractivity contribution >= 4 is 28.1 Å². The highest BCUT2D eigenvalue weighted by Gasteiger charge is 2.12. The number of hydrazone groups is 1. The molecule has 132 valence electrons. The monoisotopic (exact) mass is 406 g/mol. The van der Waals surface area contributed by atoms with E-state index in [1.165, 1.54) is 13.3 Å². The van der Waals surface area contributed by atoms with Gasteiger partial charge in [0.25, 0.3) is 5.91 Å². The number of halogens is 1. The van der Waals surface area contributed by atoms with Gasteiger partial charge >= 0.3 is 0 Å². The zero-order valence-corrected chi connectivity index (χ0v) is 15.8. The van der Waals surface area contributed by atoms with Crippen LogP contribution in [0.3, 0.4) is 0 Å². The van der Waals surface area contributed by atoms with Crippen LogP contribution in [0, 0.1) is 0 Å². The first-order valence-corrected chi connectivity index (χ1v) is 8.36. The van der Waals surface area contributed by atoms with Crippen molar-refractivity contribution in [3.63, 3.8) is 0 Å². The fraction of sp³-hybridized carbons (Fsp3) is 0.222. The number of amides is 1. The van der Waals surface area contributed by atoms with Crippen LogP contribution < -0.4 is 19.6 Å². The molecule has 0 radical (unpaired) electrons. The van der Waals surface area contributed by atoms with E-state index >= 15 is 0 Å². The Morgan fingerprint density at radius 3 is 2.52 bits per heavy atom. The molecular formula is C18H19BrN2O4. The molecule has 1 amide bonds. The molecule has 0 saturated heterocycles. The van der Waals surface area contributed by atoms with Crippen molar-refractivity contribution in [2.75, 3.05) is 20.8 Å². The predicted octanol–water partition coefficient (Wildman–Crippen LogP) is 3.63. The van der Waals surface area contributed by atoms with E-state index in [4.69, 9.17) is 14.2 Å². The molecule has 7 heteroatoms. The van der Waals surface area contributed by atoms with E-state index in [9.17, 15) is 4.79 Å². The van der Waals surface area contributed by atoms with Crippen LogP contribution in [0.4, 0.5) is 0 Å². The van der Waals surface area contributed by atoms with Gasteiger partial charge in [-0.3, -0.25) is 4.79 Å².